The first-order valence-corrected chi connectivity index (χ1v) is 6.68. The summed E-state index contributed by atoms with van der Waals surface area (Å²) in [5.74, 6) is 0.357. The Morgan fingerprint density at radius 3 is 2.14 bits per heavy atom. The van der Waals surface area contributed by atoms with E-state index in [9.17, 15) is 0 Å². The molecule has 1 aromatic rings. The van der Waals surface area contributed by atoms with Gasteiger partial charge in [0, 0.05) is 0 Å². The van der Waals surface area contributed by atoms with Crippen LogP contribution in [0.5, 0.6) is 0 Å². The zero-order chi connectivity index (χ0) is 10.9. The average Bonchev–Trinajstić information content (AvgIpc) is 2.49. The maximum absolute atomic E-state index is 5.70. The molecule has 1 heterocycles. The van der Waals surface area contributed by atoms with Crippen LogP contribution in [0.3, 0.4) is 0 Å². The Kier molecular flexibility index (Phi) is 3.26. The minimum absolute atomic E-state index is 0.357. The highest BCUT2D eigenvalue weighted by molar-refractivity contribution is 8.11. The Labute approximate surface area is 88.9 Å². The quantitative estimate of drug-likeness (QED) is 0.746. The van der Waals surface area contributed by atoms with Crippen molar-refractivity contribution in [2.24, 2.45) is 0 Å². The summed E-state index contributed by atoms with van der Waals surface area (Å²) in [7, 11) is 7.67. The highest BCUT2D eigenvalue weighted by Crippen LogP contribution is 2.51. The van der Waals surface area contributed by atoms with E-state index in [4.69, 9.17) is 17.5 Å². The summed E-state index contributed by atoms with van der Waals surface area (Å²) in [5, 5.41) is 4.07. The average molecular weight is 234 g/mol. The number of aromatic nitrogens is 3. The van der Waals surface area contributed by atoms with E-state index in [2.05, 4.69) is 10.1 Å². The van der Waals surface area contributed by atoms with E-state index in [1.54, 1.807) is 4.45 Å². The Hall–Kier alpha value is -0.490. The van der Waals surface area contributed by atoms with Crippen molar-refractivity contribution in [3.8, 4) is 0 Å². The summed E-state index contributed by atoms with van der Waals surface area (Å²) in [6.07, 6.45) is 1.42. The van der Waals surface area contributed by atoms with Gasteiger partial charge in [0.05, 0.1) is 0 Å². The van der Waals surface area contributed by atoms with E-state index in [0.29, 0.717) is 5.95 Å². The minimum atomic E-state index is -2.09. The lowest BCUT2D eigenvalue weighted by Gasteiger charge is -2.34. The molecule has 1 rings (SSSR count). The van der Waals surface area contributed by atoms with E-state index >= 15 is 0 Å². The molecule has 0 bridgehead atoms. The van der Waals surface area contributed by atoms with Crippen LogP contribution in [0.2, 0.25) is 0 Å². The summed E-state index contributed by atoms with van der Waals surface area (Å²) >= 11 is 5.60. The monoisotopic (exact) mass is 234 g/mol. The molecule has 14 heavy (non-hydrogen) atoms. The van der Waals surface area contributed by atoms with Crippen LogP contribution < -0.4 is 5.73 Å². The predicted molar refractivity (Wildman–Crippen MR) is 61.5 cm³/mol. The van der Waals surface area contributed by atoms with Crippen LogP contribution in [0.25, 0.3) is 0 Å². The van der Waals surface area contributed by atoms with Gasteiger partial charge in [-0.25, -0.2) is 0 Å². The summed E-state index contributed by atoms with van der Waals surface area (Å²) < 4.78 is 5.52. The first kappa shape index (κ1) is 11.6. The molecule has 0 saturated carbocycles. The summed E-state index contributed by atoms with van der Waals surface area (Å²) in [5.41, 5.74) is 5.70. The molecule has 0 amide bonds. The Morgan fingerprint density at radius 2 is 1.86 bits per heavy atom. The molecule has 0 aromatic carbocycles. The number of hydrogen-bond acceptors (Lipinski definition) is 4. The van der Waals surface area contributed by atoms with Gasteiger partial charge in [0.15, 0.2) is 6.49 Å². The van der Waals surface area contributed by atoms with Crippen LogP contribution >= 0.6 is 6.49 Å². The normalized spacial score (nSPS) is 12.7. The molecule has 0 atom stereocenters. The van der Waals surface area contributed by atoms with E-state index in [1.807, 2.05) is 37.5 Å². The molecule has 8 heteroatoms. The Morgan fingerprint density at radius 1 is 1.36 bits per heavy atom. The lowest BCUT2D eigenvalue weighted by atomic mass is 11.1. The van der Waals surface area contributed by atoms with Gasteiger partial charge < -0.3 is 5.73 Å². The summed E-state index contributed by atoms with van der Waals surface area (Å²) in [6, 6.07) is 0. The van der Waals surface area contributed by atoms with Gasteiger partial charge in [-0.05, 0) is 40.0 Å². The van der Waals surface area contributed by atoms with E-state index in [1.165, 1.54) is 6.33 Å². The van der Waals surface area contributed by atoms with Crippen LogP contribution in [0.15, 0.2) is 6.33 Å². The topological polar surface area (TPSA) is 63.2 Å². The van der Waals surface area contributed by atoms with Crippen molar-refractivity contribution in [1.82, 2.24) is 23.9 Å². The molecule has 0 spiro atoms. The molecule has 6 nitrogen and oxygen atoms in total. The van der Waals surface area contributed by atoms with Crippen LogP contribution in [-0.4, -0.2) is 52.1 Å². The Bertz CT molecular complexity index is 347. The molecular weight excluding hydrogens is 219 g/mol. The molecule has 1 aromatic heterocycles. The first-order valence-electron chi connectivity index (χ1n) is 4.02. The molecule has 0 radical (unpaired) electrons. The minimum Gasteiger partial charge on any atom is -0.368 e. The second-order valence-electron chi connectivity index (χ2n) is 3.22. The van der Waals surface area contributed by atoms with Crippen LogP contribution in [0, 0.1) is 0 Å². The third-order valence-electron chi connectivity index (χ3n) is 1.84. The molecular formula is C6H15N6PS. The fraction of sp³-hybridized carbons (Fsp3) is 0.667. The van der Waals surface area contributed by atoms with Crippen molar-refractivity contribution >= 4 is 24.2 Å². The van der Waals surface area contributed by atoms with Crippen LogP contribution in [0.4, 0.5) is 5.95 Å². The number of nitrogen functional groups attached to an aromatic ring is 1. The van der Waals surface area contributed by atoms with Crippen molar-refractivity contribution in [2.75, 3.05) is 33.9 Å². The highest BCUT2D eigenvalue weighted by Gasteiger charge is 2.27. The largest absolute Gasteiger partial charge is 0.368 e. The molecule has 2 N–H and O–H groups in total. The molecule has 0 fully saturated rings. The SMILES string of the molecule is CN(C)P(=S)(N(C)C)n1ncnc1N. The van der Waals surface area contributed by atoms with Crippen molar-refractivity contribution in [3.63, 3.8) is 0 Å². The highest BCUT2D eigenvalue weighted by atomic mass is 32.4. The van der Waals surface area contributed by atoms with Gasteiger partial charge >= 0.3 is 0 Å². The zero-order valence-corrected chi connectivity index (χ0v) is 10.5. The molecule has 0 aliphatic rings. The van der Waals surface area contributed by atoms with Gasteiger partial charge in [-0.1, -0.05) is 0 Å². The number of rotatable bonds is 3. The van der Waals surface area contributed by atoms with Crippen molar-refractivity contribution in [2.45, 2.75) is 0 Å². The second-order valence-corrected chi connectivity index (χ2v) is 7.69. The summed E-state index contributed by atoms with van der Waals surface area (Å²) in [6.45, 7) is -2.09. The second kappa shape index (κ2) is 3.94. The van der Waals surface area contributed by atoms with Crippen molar-refractivity contribution in [3.05, 3.63) is 6.33 Å². The Balaban J connectivity index is 3.27. The van der Waals surface area contributed by atoms with E-state index in [0.717, 1.165) is 0 Å². The molecule has 0 aliphatic heterocycles. The van der Waals surface area contributed by atoms with Gasteiger partial charge in [-0.3, -0.25) is 9.34 Å². The smallest absolute Gasteiger partial charge is 0.224 e. The predicted octanol–water partition coefficient (Wildman–Crippen LogP) is 0.0561. The maximum Gasteiger partial charge on any atom is 0.224 e. The number of nitrogens with two attached hydrogens (primary N) is 1. The number of hydrogen-bond donors (Lipinski definition) is 1. The number of nitrogens with zero attached hydrogens (tertiary/aromatic N) is 5. The third-order valence-corrected chi connectivity index (χ3v) is 7.15. The van der Waals surface area contributed by atoms with Crippen LogP contribution in [-0.2, 0) is 11.8 Å². The van der Waals surface area contributed by atoms with Crippen LogP contribution in [0.1, 0.15) is 0 Å². The molecule has 0 saturated heterocycles. The van der Waals surface area contributed by atoms with Gasteiger partial charge in [-0.2, -0.15) is 14.5 Å². The lowest BCUT2D eigenvalue weighted by molar-refractivity contribution is 0.551. The maximum atomic E-state index is 5.70. The fourth-order valence-electron chi connectivity index (χ4n) is 1.14. The van der Waals surface area contributed by atoms with E-state index < -0.39 is 6.49 Å². The molecule has 0 unspecified atom stereocenters. The van der Waals surface area contributed by atoms with Crippen molar-refractivity contribution in [1.29, 1.82) is 0 Å². The van der Waals surface area contributed by atoms with Crippen molar-refractivity contribution < 1.29 is 0 Å². The molecule has 80 valence electrons. The standard InChI is InChI=1S/C6H15N6PS/c1-10(2)13(14,11(3)4)12-6(7)8-5-9-12/h5H,1-4H3,(H2,7,8,9). The zero-order valence-electron chi connectivity index (χ0n) is 8.75. The van der Waals surface area contributed by atoms with Gasteiger partial charge in [-0.15, -0.1) is 0 Å². The van der Waals surface area contributed by atoms with E-state index in [-0.39, 0.29) is 0 Å². The van der Waals surface area contributed by atoms with Gasteiger partial charge in [0.1, 0.15) is 6.33 Å². The molecule has 0 aliphatic carbocycles. The number of anilines is 1. The van der Waals surface area contributed by atoms with Gasteiger partial charge in [0.25, 0.3) is 0 Å². The van der Waals surface area contributed by atoms with Gasteiger partial charge in [0.2, 0.25) is 5.95 Å². The fourth-order valence-corrected chi connectivity index (χ4v) is 3.41. The first-order chi connectivity index (χ1) is 6.40. The summed E-state index contributed by atoms with van der Waals surface area (Å²) in [4.78, 5) is 3.88. The lowest BCUT2D eigenvalue weighted by Crippen LogP contribution is -2.27. The third kappa shape index (κ3) is 1.68.